The Labute approximate surface area is 235 Å². The largest absolute Gasteiger partial charge is 0.494 e. The lowest BCUT2D eigenvalue weighted by Gasteiger charge is -2.08. The van der Waals surface area contributed by atoms with Crippen LogP contribution in [-0.2, 0) is 11.4 Å². The van der Waals surface area contributed by atoms with Gasteiger partial charge in [-0.05, 0) is 60.3 Å². The van der Waals surface area contributed by atoms with Crippen LogP contribution in [0.25, 0.3) is 31.6 Å². The summed E-state index contributed by atoms with van der Waals surface area (Å²) < 4.78 is 18.2. The summed E-state index contributed by atoms with van der Waals surface area (Å²) in [5.41, 5.74) is 2.74. The number of nitrogens with zero attached hydrogens (tertiary/aromatic N) is 4. The second-order valence-electron chi connectivity index (χ2n) is 8.19. The first kappa shape index (κ1) is 25.3. The molecule has 0 spiro atoms. The van der Waals surface area contributed by atoms with Crippen molar-refractivity contribution in [3.63, 3.8) is 0 Å². The molecule has 0 aliphatic carbocycles. The Bertz CT molecular complexity index is 1750. The van der Waals surface area contributed by atoms with Crippen LogP contribution in [0, 0.1) is 0 Å². The van der Waals surface area contributed by atoms with Crippen LogP contribution < -0.4 is 14.8 Å². The number of rotatable bonds is 10. The standard InChI is InChI=1S/C27H21N5O4S3/c1-2-34-17-6-8-20-23(13-17)39-26(29-20)30-24(33)15-38-27-32-31-25(36-27)14-35-21-9-10-28-19-7-5-16(12-18(19)21)22-4-3-11-37-22/h3-13H,2,14-15H2,1H3,(H,29,30,33). The number of ether oxygens (including phenoxy) is 2. The van der Waals surface area contributed by atoms with Gasteiger partial charge in [-0.15, -0.1) is 21.5 Å². The van der Waals surface area contributed by atoms with E-state index in [0.29, 0.717) is 23.4 Å². The Balaban J connectivity index is 1.05. The van der Waals surface area contributed by atoms with Crippen LogP contribution in [0.1, 0.15) is 12.8 Å². The number of carbonyl (C=O) groups excluding carboxylic acids is 1. The van der Waals surface area contributed by atoms with Crippen molar-refractivity contribution in [3.8, 4) is 21.9 Å². The number of thiophene rings is 1. The van der Waals surface area contributed by atoms with E-state index in [1.807, 2.05) is 43.3 Å². The van der Waals surface area contributed by atoms with Gasteiger partial charge in [-0.3, -0.25) is 9.78 Å². The van der Waals surface area contributed by atoms with Gasteiger partial charge >= 0.3 is 0 Å². The lowest BCUT2D eigenvalue weighted by atomic mass is 10.1. The van der Waals surface area contributed by atoms with E-state index in [1.165, 1.54) is 16.2 Å². The number of carbonyl (C=O) groups is 1. The zero-order valence-electron chi connectivity index (χ0n) is 20.6. The van der Waals surface area contributed by atoms with Crippen molar-refractivity contribution in [1.82, 2.24) is 20.2 Å². The fourth-order valence-electron chi connectivity index (χ4n) is 3.83. The summed E-state index contributed by atoms with van der Waals surface area (Å²) >= 11 is 4.22. The zero-order chi connectivity index (χ0) is 26.6. The van der Waals surface area contributed by atoms with Gasteiger partial charge in [0.15, 0.2) is 11.7 Å². The van der Waals surface area contributed by atoms with Crippen LogP contribution in [-0.4, -0.2) is 38.4 Å². The van der Waals surface area contributed by atoms with Crippen LogP contribution >= 0.6 is 34.4 Å². The van der Waals surface area contributed by atoms with Crippen LogP contribution in [0.5, 0.6) is 11.5 Å². The summed E-state index contributed by atoms with van der Waals surface area (Å²) in [5.74, 6) is 1.65. The van der Waals surface area contributed by atoms with Gasteiger partial charge in [0, 0.05) is 16.5 Å². The second kappa shape index (κ2) is 11.4. The Morgan fingerprint density at radius 3 is 2.87 bits per heavy atom. The van der Waals surface area contributed by atoms with E-state index < -0.39 is 0 Å². The lowest BCUT2D eigenvalue weighted by molar-refractivity contribution is -0.113. The minimum Gasteiger partial charge on any atom is -0.494 e. The number of amides is 1. The SMILES string of the molecule is CCOc1ccc2nc(NC(=O)CSc3nnc(COc4ccnc5ccc(-c6cccs6)cc45)o3)sc2c1. The molecule has 12 heteroatoms. The van der Waals surface area contributed by atoms with Gasteiger partial charge < -0.3 is 19.2 Å². The van der Waals surface area contributed by atoms with Crippen molar-refractivity contribution in [2.24, 2.45) is 0 Å². The fourth-order valence-corrected chi connectivity index (χ4v) is 6.05. The van der Waals surface area contributed by atoms with Crippen LogP contribution in [0.3, 0.4) is 0 Å². The molecule has 0 radical (unpaired) electrons. The molecule has 0 saturated carbocycles. The van der Waals surface area contributed by atoms with Crippen LogP contribution in [0.15, 0.2) is 75.8 Å². The maximum absolute atomic E-state index is 12.5. The molecule has 39 heavy (non-hydrogen) atoms. The third-order valence-electron chi connectivity index (χ3n) is 5.55. The fraction of sp³-hybridized carbons (Fsp3) is 0.148. The monoisotopic (exact) mass is 575 g/mol. The summed E-state index contributed by atoms with van der Waals surface area (Å²) in [5, 5.41) is 14.7. The summed E-state index contributed by atoms with van der Waals surface area (Å²) in [4.78, 5) is 22.5. The van der Waals surface area contributed by atoms with E-state index >= 15 is 0 Å². The molecule has 0 atom stereocenters. The summed E-state index contributed by atoms with van der Waals surface area (Å²) in [7, 11) is 0. The van der Waals surface area contributed by atoms with E-state index in [0.717, 1.165) is 44.2 Å². The van der Waals surface area contributed by atoms with Gasteiger partial charge in [-0.1, -0.05) is 35.2 Å². The third kappa shape index (κ3) is 5.87. The number of hydrogen-bond acceptors (Lipinski definition) is 11. The van der Waals surface area contributed by atoms with E-state index in [9.17, 15) is 4.79 Å². The molecular weight excluding hydrogens is 555 g/mol. The Morgan fingerprint density at radius 1 is 1.08 bits per heavy atom. The number of thiazole rings is 1. The van der Waals surface area contributed by atoms with Gasteiger partial charge in [0.05, 0.1) is 28.1 Å². The van der Waals surface area contributed by atoms with Gasteiger partial charge in [-0.2, -0.15) is 0 Å². The Morgan fingerprint density at radius 2 is 2.00 bits per heavy atom. The summed E-state index contributed by atoms with van der Waals surface area (Å²) in [6.07, 6.45) is 1.71. The molecule has 6 aromatic rings. The molecule has 0 saturated heterocycles. The molecule has 0 fully saturated rings. The molecule has 4 heterocycles. The number of nitrogens with one attached hydrogen (secondary N) is 1. The number of thioether (sulfide) groups is 1. The maximum atomic E-state index is 12.5. The molecule has 0 aliphatic rings. The molecule has 196 valence electrons. The highest BCUT2D eigenvalue weighted by Gasteiger charge is 2.14. The average molecular weight is 576 g/mol. The summed E-state index contributed by atoms with van der Waals surface area (Å²) in [6, 6.07) is 17.7. The van der Waals surface area contributed by atoms with Crippen LogP contribution in [0.2, 0.25) is 0 Å². The van der Waals surface area contributed by atoms with Crippen LogP contribution in [0.4, 0.5) is 5.13 Å². The van der Waals surface area contributed by atoms with Gasteiger partial charge in [0.2, 0.25) is 5.91 Å². The number of anilines is 1. The van der Waals surface area contributed by atoms with Crippen molar-refractivity contribution in [1.29, 1.82) is 0 Å². The number of pyridine rings is 1. The average Bonchev–Trinajstić information content (AvgIpc) is 3.72. The molecule has 1 amide bonds. The first-order valence-electron chi connectivity index (χ1n) is 12.0. The maximum Gasteiger partial charge on any atom is 0.277 e. The first-order valence-corrected chi connectivity index (χ1v) is 14.7. The Kier molecular flexibility index (Phi) is 7.39. The van der Waals surface area contributed by atoms with E-state index in [2.05, 4.69) is 49.1 Å². The molecule has 1 N–H and O–H groups in total. The smallest absolute Gasteiger partial charge is 0.277 e. The van der Waals surface area contributed by atoms with Crippen molar-refractivity contribution in [2.75, 3.05) is 17.7 Å². The Hall–Kier alpha value is -4.00. The summed E-state index contributed by atoms with van der Waals surface area (Å²) in [6.45, 7) is 2.62. The van der Waals surface area contributed by atoms with Gasteiger partial charge in [-0.25, -0.2) is 4.98 Å². The van der Waals surface area contributed by atoms with Gasteiger partial charge in [0.25, 0.3) is 11.1 Å². The molecule has 9 nitrogen and oxygen atoms in total. The molecule has 0 bridgehead atoms. The first-order chi connectivity index (χ1) is 19.1. The van der Waals surface area contributed by atoms with E-state index in [1.54, 1.807) is 17.5 Å². The van der Waals surface area contributed by atoms with Crippen molar-refractivity contribution < 1.29 is 18.7 Å². The highest BCUT2D eigenvalue weighted by molar-refractivity contribution is 7.99. The zero-order valence-corrected chi connectivity index (χ0v) is 23.1. The highest BCUT2D eigenvalue weighted by atomic mass is 32.2. The van der Waals surface area contributed by atoms with E-state index in [4.69, 9.17) is 13.9 Å². The second-order valence-corrected chi connectivity index (χ2v) is 11.1. The molecule has 2 aromatic carbocycles. The van der Waals surface area contributed by atoms with Crippen molar-refractivity contribution in [3.05, 3.63) is 72.1 Å². The highest BCUT2D eigenvalue weighted by Crippen LogP contribution is 2.32. The number of aromatic nitrogens is 4. The molecule has 6 rings (SSSR count). The predicted molar refractivity (Wildman–Crippen MR) is 154 cm³/mol. The number of benzene rings is 2. The molecule has 0 unspecified atom stereocenters. The number of fused-ring (bicyclic) bond motifs is 2. The molecular formula is C27H21N5O4S3. The predicted octanol–water partition coefficient (Wildman–Crippen LogP) is 6.66. The number of hydrogen-bond donors (Lipinski definition) is 1. The molecule has 4 aromatic heterocycles. The van der Waals surface area contributed by atoms with Crippen molar-refractivity contribution in [2.45, 2.75) is 18.8 Å². The minimum atomic E-state index is -0.218. The van der Waals surface area contributed by atoms with Gasteiger partial charge in [0.1, 0.15) is 11.5 Å². The molecule has 0 aliphatic heterocycles. The third-order valence-corrected chi connectivity index (χ3v) is 8.22. The topological polar surface area (TPSA) is 112 Å². The lowest BCUT2D eigenvalue weighted by Crippen LogP contribution is -2.13. The van der Waals surface area contributed by atoms with Crippen molar-refractivity contribution >= 4 is 66.6 Å². The minimum absolute atomic E-state index is 0.0948. The normalized spacial score (nSPS) is 11.2. The van der Waals surface area contributed by atoms with E-state index in [-0.39, 0.29) is 23.5 Å². The quantitative estimate of drug-likeness (QED) is 0.179.